The Hall–Kier alpha value is -0.610. The van der Waals surface area contributed by atoms with Gasteiger partial charge < -0.3 is 5.32 Å². The Bertz CT molecular complexity index is 619. The van der Waals surface area contributed by atoms with E-state index in [0.29, 0.717) is 20.9 Å². The van der Waals surface area contributed by atoms with Gasteiger partial charge in [0.1, 0.15) is 5.82 Å². The molecule has 2 rings (SSSR count). The Morgan fingerprint density at radius 3 is 2.60 bits per heavy atom. The second kappa shape index (κ2) is 6.90. The van der Waals surface area contributed by atoms with E-state index in [1.165, 1.54) is 6.07 Å². The molecule has 20 heavy (non-hydrogen) atoms. The van der Waals surface area contributed by atoms with Gasteiger partial charge in [-0.1, -0.05) is 41.4 Å². The number of nitrogens with one attached hydrogen (secondary N) is 1. The molecule has 0 radical (unpaired) electrons. The molecule has 0 aliphatic rings. The highest BCUT2D eigenvalue weighted by molar-refractivity contribution is 9.10. The summed E-state index contributed by atoms with van der Waals surface area (Å²) >= 11 is 15.2. The lowest BCUT2D eigenvalue weighted by atomic mass is 9.99. The molecule has 0 saturated heterocycles. The lowest BCUT2D eigenvalue weighted by Crippen LogP contribution is -2.19. The SMILES string of the molecule is CNC(Cc1ccc(Cl)c(Cl)c1)c1cccc(F)c1Br. The Morgan fingerprint density at radius 1 is 1.20 bits per heavy atom. The van der Waals surface area contributed by atoms with E-state index in [-0.39, 0.29) is 11.9 Å². The molecular formula is C15H13BrCl2FN. The highest BCUT2D eigenvalue weighted by Crippen LogP contribution is 2.30. The van der Waals surface area contributed by atoms with Crippen molar-refractivity contribution in [1.29, 1.82) is 0 Å². The summed E-state index contributed by atoms with van der Waals surface area (Å²) in [7, 11) is 1.85. The first-order chi connectivity index (χ1) is 9.52. The lowest BCUT2D eigenvalue weighted by molar-refractivity contribution is 0.571. The Kier molecular flexibility index (Phi) is 5.44. The topological polar surface area (TPSA) is 12.0 Å². The van der Waals surface area contributed by atoms with E-state index in [0.717, 1.165) is 11.1 Å². The maximum atomic E-state index is 13.6. The van der Waals surface area contributed by atoms with Gasteiger partial charge >= 0.3 is 0 Å². The maximum absolute atomic E-state index is 13.6. The molecule has 0 bridgehead atoms. The maximum Gasteiger partial charge on any atom is 0.137 e. The minimum atomic E-state index is -0.267. The van der Waals surface area contributed by atoms with Crippen LogP contribution in [0.4, 0.5) is 4.39 Å². The molecule has 0 amide bonds. The molecule has 0 saturated carbocycles. The molecule has 1 atom stereocenters. The van der Waals surface area contributed by atoms with Crippen LogP contribution in [0.1, 0.15) is 17.2 Å². The third-order valence-corrected chi connectivity index (χ3v) is 4.70. The zero-order chi connectivity index (χ0) is 14.7. The van der Waals surface area contributed by atoms with Crippen LogP contribution in [-0.4, -0.2) is 7.05 Å². The van der Waals surface area contributed by atoms with Crippen LogP contribution in [0.25, 0.3) is 0 Å². The number of halogens is 4. The average molecular weight is 377 g/mol. The number of likely N-dealkylation sites (N-methyl/N-ethyl adjacent to an activating group) is 1. The summed E-state index contributed by atoms with van der Waals surface area (Å²) in [6, 6.07) is 10.5. The van der Waals surface area contributed by atoms with Crippen molar-refractivity contribution < 1.29 is 4.39 Å². The third kappa shape index (κ3) is 3.53. The van der Waals surface area contributed by atoms with Gasteiger partial charge in [0.05, 0.1) is 14.5 Å². The molecule has 1 N–H and O–H groups in total. The third-order valence-electron chi connectivity index (χ3n) is 3.13. The minimum absolute atomic E-state index is 0.0164. The molecule has 0 heterocycles. The Morgan fingerprint density at radius 2 is 1.95 bits per heavy atom. The van der Waals surface area contributed by atoms with Crippen LogP contribution in [0.15, 0.2) is 40.9 Å². The number of hydrogen-bond donors (Lipinski definition) is 1. The standard InChI is InChI=1S/C15H13BrCl2FN/c1-20-14(10-3-2-4-13(19)15(10)16)8-9-5-6-11(17)12(18)7-9/h2-7,14,20H,8H2,1H3. The van der Waals surface area contributed by atoms with Gasteiger partial charge in [0.25, 0.3) is 0 Å². The fraction of sp³-hybridized carbons (Fsp3) is 0.200. The second-order valence-electron chi connectivity index (χ2n) is 4.44. The lowest BCUT2D eigenvalue weighted by Gasteiger charge is -2.19. The predicted molar refractivity (Wildman–Crippen MR) is 86.1 cm³/mol. The first kappa shape index (κ1) is 15.8. The van der Waals surface area contributed by atoms with Gasteiger partial charge in [-0.3, -0.25) is 0 Å². The summed E-state index contributed by atoms with van der Waals surface area (Å²) in [5.74, 6) is -0.267. The van der Waals surface area contributed by atoms with Crippen LogP contribution >= 0.6 is 39.1 Å². The van der Waals surface area contributed by atoms with Crippen molar-refractivity contribution in [1.82, 2.24) is 5.32 Å². The van der Waals surface area contributed by atoms with Crippen molar-refractivity contribution in [2.24, 2.45) is 0 Å². The van der Waals surface area contributed by atoms with Crippen LogP contribution < -0.4 is 5.32 Å². The second-order valence-corrected chi connectivity index (χ2v) is 6.04. The quantitative estimate of drug-likeness (QED) is 0.753. The molecule has 5 heteroatoms. The van der Waals surface area contributed by atoms with Crippen molar-refractivity contribution in [3.63, 3.8) is 0 Å². The van der Waals surface area contributed by atoms with Crippen molar-refractivity contribution in [2.45, 2.75) is 12.5 Å². The molecule has 0 aromatic heterocycles. The van der Waals surface area contributed by atoms with Gasteiger partial charge in [0.15, 0.2) is 0 Å². The van der Waals surface area contributed by atoms with E-state index in [1.54, 1.807) is 12.1 Å². The summed E-state index contributed by atoms with van der Waals surface area (Å²) in [5, 5.41) is 4.25. The monoisotopic (exact) mass is 375 g/mol. The van der Waals surface area contributed by atoms with E-state index < -0.39 is 0 Å². The number of hydrogen-bond acceptors (Lipinski definition) is 1. The zero-order valence-electron chi connectivity index (χ0n) is 10.8. The fourth-order valence-electron chi connectivity index (χ4n) is 2.06. The van der Waals surface area contributed by atoms with Gasteiger partial charge in [-0.2, -0.15) is 0 Å². The molecule has 2 aromatic carbocycles. The van der Waals surface area contributed by atoms with E-state index in [2.05, 4.69) is 21.2 Å². The van der Waals surface area contributed by atoms with E-state index in [9.17, 15) is 4.39 Å². The Balaban J connectivity index is 2.28. The van der Waals surface area contributed by atoms with Gasteiger partial charge in [0, 0.05) is 6.04 Å². The number of rotatable bonds is 4. The molecule has 0 aliphatic heterocycles. The molecule has 1 unspecified atom stereocenters. The van der Waals surface area contributed by atoms with E-state index >= 15 is 0 Å². The largest absolute Gasteiger partial charge is 0.313 e. The van der Waals surface area contributed by atoms with Crippen molar-refractivity contribution in [3.05, 3.63) is 67.9 Å². The minimum Gasteiger partial charge on any atom is -0.313 e. The van der Waals surface area contributed by atoms with Crippen LogP contribution in [-0.2, 0) is 6.42 Å². The van der Waals surface area contributed by atoms with E-state index in [1.807, 2.05) is 25.2 Å². The summed E-state index contributed by atoms with van der Waals surface area (Å²) in [6.07, 6.45) is 0.690. The Labute approximate surface area is 136 Å². The molecule has 1 nitrogen and oxygen atoms in total. The van der Waals surface area contributed by atoms with Gasteiger partial charge in [-0.25, -0.2) is 4.39 Å². The highest BCUT2D eigenvalue weighted by atomic mass is 79.9. The normalized spacial score (nSPS) is 12.4. The molecule has 0 spiro atoms. The molecule has 0 aliphatic carbocycles. The number of benzene rings is 2. The highest BCUT2D eigenvalue weighted by Gasteiger charge is 2.16. The molecular weight excluding hydrogens is 364 g/mol. The smallest absolute Gasteiger partial charge is 0.137 e. The average Bonchev–Trinajstić information content (AvgIpc) is 2.43. The summed E-state index contributed by atoms with van der Waals surface area (Å²) in [4.78, 5) is 0. The van der Waals surface area contributed by atoms with Crippen molar-refractivity contribution >= 4 is 39.1 Å². The van der Waals surface area contributed by atoms with Crippen LogP contribution in [0.5, 0.6) is 0 Å². The summed E-state index contributed by atoms with van der Waals surface area (Å²) in [6.45, 7) is 0. The molecule has 106 valence electrons. The van der Waals surface area contributed by atoms with Gasteiger partial charge in [0.2, 0.25) is 0 Å². The van der Waals surface area contributed by atoms with Crippen LogP contribution in [0.3, 0.4) is 0 Å². The van der Waals surface area contributed by atoms with E-state index in [4.69, 9.17) is 23.2 Å². The van der Waals surface area contributed by atoms with Crippen LogP contribution in [0.2, 0.25) is 10.0 Å². The predicted octanol–water partition coefficient (Wildman–Crippen LogP) is 5.40. The summed E-state index contributed by atoms with van der Waals surface area (Å²) in [5.41, 5.74) is 1.91. The van der Waals surface area contributed by atoms with Gasteiger partial charge in [-0.05, 0) is 58.7 Å². The van der Waals surface area contributed by atoms with Crippen LogP contribution in [0, 0.1) is 5.82 Å². The first-order valence-electron chi connectivity index (χ1n) is 6.08. The summed E-state index contributed by atoms with van der Waals surface area (Å²) < 4.78 is 14.1. The van der Waals surface area contributed by atoms with Crippen molar-refractivity contribution in [2.75, 3.05) is 7.05 Å². The van der Waals surface area contributed by atoms with Crippen molar-refractivity contribution in [3.8, 4) is 0 Å². The first-order valence-corrected chi connectivity index (χ1v) is 7.63. The zero-order valence-corrected chi connectivity index (χ0v) is 13.9. The molecule has 2 aromatic rings. The van der Waals surface area contributed by atoms with Gasteiger partial charge in [-0.15, -0.1) is 0 Å². The molecule has 0 fully saturated rings. The fourth-order valence-corrected chi connectivity index (χ4v) is 2.92.